The Kier molecular flexibility index (Phi) is 4.19. The number of nitrogens with zero attached hydrogens (tertiary/aromatic N) is 3. The first kappa shape index (κ1) is 14.3. The molecule has 2 unspecified atom stereocenters. The molecule has 0 aliphatic rings. The molecule has 0 spiro atoms. The van der Waals surface area contributed by atoms with Gasteiger partial charge in [-0.25, -0.2) is 4.79 Å². The van der Waals surface area contributed by atoms with E-state index in [2.05, 4.69) is 20.3 Å². The Morgan fingerprint density at radius 1 is 1.40 bits per heavy atom. The van der Waals surface area contributed by atoms with E-state index in [1.807, 2.05) is 25.5 Å². The zero-order chi connectivity index (χ0) is 14.7. The van der Waals surface area contributed by atoms with Gasteiger partial charge < -0.3 is 13.7 Å². The van der Waals surface area contributed by atoms with Gasteiger partial charge >= 0.3 is 5.97 Å². The van der Waals surface area contributed by atoms with Gasteiger partial charge in [-0.1, -0.05) is 0 Å². The van der Waals surface area contributed by atoms with Crippen molar-refractivity contribution < 1.29 is 13.9 Å². The van der Waals surface area contributed by atoms with E-state index in [4.69, 9.17) is 4.42 Å². The average Bonchev–Trinajstić information content (AvgIpc) is 3.06. The van der Waals surface area contributed by atoms with Crippen LogP contribution in [0.5, 0.6) is 0 Å². The van der Waals surface area contributed by atoms with Gasteiger partial charge in [0, 0.05) is 7.05 Å². The topological polar surface area (TPSA) is 82.2 Å². The van der Waals surface area contributed by atoms with Crippen LogP contribution >= 0.6 is 0 Å². The first-order chi connectivity index (χ1) is 9.52. The number of hydrogen-bond acceptors (Lipinski definition) is 6. The lowest BCUT2D eigenvalue weighted by molar-refractivity contribution is 0.0562. The number of esters is 1. The minimum Gasteiger partial charge on any atom is -0.463 e. The fraction of sp³-hybridized carbons (Fsp3) is 0.462. The van der Waals surface area contributed by atoms with Gasteiger partial charge in [-0.05, 0) is 26.0 Å². The fourth-order valence-electron chi connectivity index (χ4n) is 2.01. The fourth-order valence-corrected chi connectivity index (χ4v) is 2.01. The lowest BCUT2D eigenvalue weighted by Crippen LogP contribution is -2.24. The zero-order valence-electron chi connectivity index (χ0n) is 12.0. The summed E-state index contributed by atoms with van der Waals surface area (Å²) in [6.07, 6.45) is 1.65. The highest BCUT2D eigenvalue weighted by molar-refractivity contribution is 5.86. The van der Waals surface area contributed by atoms with Gasteiger partial charge in [0.25, 0.3) is 0 Å². The van der Waals surface area contributed by atoms with Crippen LogP contribution in [-0.4, -0.2) is 27.8 Å². The van der Waals surface area contributed by atoms with E-state index in [9.17, 15) is 4.79 Å². The average molecular weight is 278 g/mol. The van der Waals surface area contributed by atoms with Gasteiger partial charge in [-0.15, -0.1) is 10.2 Å². The molecule has 2 heterocycles. The Hall–Kier alpha value is -2.15. The molecule has 2 rings (SSSR count). The lowest BCUT2D eigenvalue weighted by atomic mass is 10.2. The predicted molar refractivity (Wildman–Crippen MR) is 71.0 cm³/mol. The number of aromatic nitrogens is 3. The zero-order valence-corrected chi connectivity index (χ0v) is 12.0. The van der Waals surface area contributed by atoms with Crippen molar-refractivity contribution in [2.75, 3.05) is 7.11 Å². The van der Waals surface area contributed by atoms with Crippen molar-refractivity contribution >= 4 is 5.97 Å². The molecule has 2 aromatic rings. The Morgan fingerprint density at radius 3 is 2.75 bits per heavy atom. The molecular weight excluding hydrogens is 260 g/mol. The highest BCUT2D eigenvalue weighted by atomic mass is 16.5. The predicted octanol–water partition coefficient (Wildman–Crippen LogP) is 1.61. The summed E-state index contributed by atoms with van der Waals surface area (Å²) in [4.78, 5) is 11.3. The van der Waals surface area contributed by atoms with Gasteiger partial charge in [0.1, 0.15) is 17.9 Å². The van der Waals surface area contributed by atoms with Crippen molar-refractivity contribution in [2.24, 2.45) is 7.05 Å². The highest BCUT2D eigenvalue weighted by Crippen LogP contribution is 2.20. The molecule has 7 heteroatoms. The molecule has 2 aromatic heterocycles. The van der Waals surface area contributed by atoms with Gasteiger partial charge in [-0.3, -0.25) is 5.32 Å². The SMILES string of the molecule is COC(=O)c1ccc(C(C)NC(C)c2nncn2C)o1. The van der Waals surface area contributed by atoms with Crippen molar-refractivity contribution in [3.63, 3.8) is 0 Å². The number of rotatable bonds is 5. The summed E-state index contributed by atoms with van der Waals surface area (Å²) in [6.45, 7) is 3.94. The Bertz CT molecular complexity index is 590. The summed E-state index contributed by atoms with van der Waals surface area (Å²) in [5, 5.41) is 11.2. The van der Waals surface area contributed by atoms with E-state index in [0.29, 0.717) is 5.76 Å². The van der Waals surface area contributed by atoms with Gasteiger partial charge in [0.2, 0.25) is 5.76 Å². The molecule has 0 fully saturated rings. The van der Waals surface area contributed by atoms with Crippen LogP contribution in [0.3, 0.4) is 0 Å². The maximum atomic E-state index is 11.3. The van der Waals surface area contributed by atoms with Gasteiger partial charge in [0.05, 0.1) is 19.2 Å². The first-order valence-corrected chi connectivity index (χ1v) is 6.31. The van der Waals surface area contributed by atoms with E-state index in [-0.39, 0.29) is 17.8 Å². The first-order valence-electron chi connectivity index (χ1n) is 6.31. The second-order valence-corrected chi connectivity index (χ2v) is 4.60. The maximum Gasteiger partial charge on any atom is 0.373 e. The molecule has 0 aliphatic heterocycles. The lowest BCUT2D eigenvalue weighted by Gasteiger charge is -2.17. The number of methoxy groups -OCH3 is 1. The smallest absolute Gasteiger partial charge is 0.373 e. The molecule has 20 heavy (non-hydrogen) atoms. The molecule has 7 nitrogen and oxygen atoms in total. The number of carbonyl (C=O) groups excluding carboxylic acids is 1. The molecule has 0 amide bonds. The quantitative estimate of drug-likeness (QED) is 0.837. The molecule has 0 aliphatic carbocycles. The normalized spacial score (nSPS) is 14.0. The molecule has 0 aromatic carbocycles. The summed E-state index contributed by atoms with van der Waals surface area (Å²) < 4.78 is 11.9. The molecule has 0 radical (unpaired) electrons. The van der Waals surface area contributed by atoms with E-state index in [1.165, 1.54) is 7.11 Å². The molecule has 0 saturated carbocycles. The summed E-state index contributed by atoms with van der Waals surface area (Å²) in [7, 11) is 3.21. The van der Waals surface area contributed by atoms with Crippen molar-refractivity contribution in [3.05, 3.63) is 35.8 Å². The van der Waals surface area contributed by atoms with Crippen molar-refractivity contribution in [3.8, 4) is 0 Å². The van der Waals surface area contributed by atoms with Crippen molar-refractivity contribution in [2.45, 2.75) is 25.9 Å². The third kappa shape index (κ3) is 2.88. The van der Waals surface area contributed by atoms with E-state index < -0.39 is 5.97 Å². The minimum absolute atomic E-state index is 0.00387. The van der Waals surface area contributed by atoms with Crippen LogP contribution in [0.25, 0.3) is 0 Å². The summed E-state index contributed by atoms with van der Waals surface area (Å²) in [6, 6.07) is 3.30. The summed E-state index contributed by atoms with van der Waals surface area (Å²) in [5.74, 6) is 1.21. The summed E-state index contributed by atoms with van der Waals surface area (Å²) in [5.41, 5.74) is 0. The third-order valence-corrected chi connectivity index (χ3v) is 3.07. The monoisotopic (exact) mass is 278 g/mol. The van der Waals surface area contributed by atoms with Crippen LogP contribution in [-0.2, 0) is 11.8 Å². The van der Waals surface area contributed by atoms with Crippen molar-refractivity contribution in [1.82, 2.24) is 20.1 Å². The maximum absolute atomic E-state index is 11.3. The number of carbonyl (C=O) groups is 1. The number of furan rings is 1. The number of aryl methyl sites for hydroxylation is 1. The van der Waals surface area contributed by atoms with Crippen molar-refractivity contribution in [1.29, 1.82) is 0 Å². The van der Waals surface area contributed by atoms with Crippen LogP contribution < -0.4 is 5.32 Å². The van der Waals surface area contributed by atoms with Crippen LogP contribution in [0.4, 0.5) is 0 Å². The Morgan fingerprint density at radius 2 is 2.15 bits per heavy atom. The van der Waals surface area contributed by atoms with Crippen LogP contribution in [0, 0.1) is 0 Å². The molecule has 2 atom stereocenters. The van der Waals surface area contributed by atoms with E-state index >= 15 is 0 Å². The number of nitrogens with one attached hydrogen (secondary N) is 1. The second-order valence-electron chi connectivity index (χ2n) is 4.60. The molecule has 0 bridgehead atoms. The van der Waals surface area contributed by atoms with Crippen LogP contribution in [0.15, 0.2) is 22.9 Å². The standard InChI is InChI=1S/C13H18N4O3/c1-8(10-5-6-11(20-10)13(18)19-4)15-9(2)12-16-14-7-17(12)3/h5-9,15H,1-4H3. The van der Waals surface area contributed by atoms with Gasteiger partial charge in [0.15, 0.2) is 0 Å². The Labute approximate surface area is 116 Å². The number of ether oxygens (including phenoxy) is 1. The van der Waals surface area contributed by atoms with Crippen LogP contribution in [0.1, 0.15) is 48.1 Å². The largest absolute Gasteiger partial charge is 0.463 e. The molecule has 0 saturated heterocycles. The third-order valence-electron chi connectivity index (χ3n) is 3.07. The Balaban J connectivity index is 2.05. The van der Waals surface area contributed by atoms with E-state index in [0.717, 1.165) is 5.82 Å². The second kappa shape index (κ2) is 5.87. The number of hydrogen-bond donors (Lipinski definition) is 1. The minimum atomic E-state index is -0.482. The molecule has 108 valence electrons. The van der Waals surface area contributed by atoms with Gasteiger partial charge in [-0.2, -0.15) is 0 Å². The van der Waals surface area contributed by atoms with Crippen LogP contribution in [0.2, 0.25) is 0 Å². The highest BCUT2D eigenvalue weighted by Gasteiger charge is 2.19. The van der Waals surface area contributed by atoms with E-state index in [1.54, 1.807) is 18.5 Å². The molecular formula is C13H18N4O3. The summed E-state index contributed by atoms with van der Waals surface area (Å²) >= 11 is 0. The molecule has 1 N–H and O–H groups in total.